The molecular formula is C21H15N3O3. The summed E-state index contributed by atoms with van der Waals surface area (Å²) in [5.41, 5.74) is 1.58. The van der Waals surface area contributed by atoms with E-state index in [0.717, 1.165) is 23.3 Å². The fourth-order valence-electron chi connectivity index (χ4n) is 2.75. The van der Waals surface area contributed by atoms with E-state index < -0.39 is 0 Å². The Hall–Kier alpha value is -3.93. The number of phenols is 3. The maximum atomic E-state index is 10.2. The van der Waals surface area contributed by atoms with Gasteiger partial charge in [0.05, 0.1) is 0 Å². The lowest BCUT2D eigenvalue weighted by molar-refractivity contribution is 0.430. The Morgan fingerprint density at radius 2 is 0.926 bits per heavy atom. The van der Waals surface area contributed by atoms with Crippen molar-refractivity contribution >= 4 is 0 Å². The SMILES string of the molecule is Oc1cc(O)c(-c2nc(-c3ccccc3)nc(-c3ccccc3)n2)c(O)c1. The lowest BCUT2D eigenvalue weighted by Gasteiger charge is -2.10. The van der Waals surface area contributed by atoms with Crippen LogP contribution in [0.1, 0.15) is 0 Å². The van der Waals surface area contributed by atoms with E-state index in [2.05, 4.69) is 15.0 Å². The first-order valence-corrected chi connectivity index (χ1v) is 8.24. The first-order chi connectivity index (χ1) is 13.1. The molecule has 0 saturated carbocycles. The summed E-state index contributed by atoms with van der Waals surface area (Å²) in [5.74, 6) is 0.0261. The molecule has 0 saturated heterocycles. The van der Waals surface area contributed by atoms with Gasteiger partial charge in [-0.25, -0.2) is 15.0 Å². The third kappa shape index (κ3) is 3.28. The van der Waals surface area contributed by atoms with Crippen molar-refractivity contribution in [3.63, 3.8) is 0 Å². The van der Waals surface area contributed by atoms with Crippen LogP contribution in [0, 0.1) is 0 Å². The number of nitrogens with zero attached hydrogens (tertiary/aromatic N) is 3. The van der Waals surface area contributed by atoms with Crippen LogP contribution in [0.5, 0.6) is 17.2 Å². The first kappa shape index (κ1) is 16.5. The topological polar surface area (TPSA) is 99.4 Å². The molecule has 1 heterocycles. The van der Waals surface area contributed by atoms with Gasteiger partial charge in [0.2, 0.25) is 0 Å². The van der Waals surface area contributed by atoms with Crippen LogP contribution in [-0.2, 0) is 0 Å². The average molecular weight is 357 g/mol. The number of hydrogen-bond acceptors (Lipinski definition) is 6. The van der Waals surface area contributed by atoms with E-state index in [1.807, 2.05) is 60.7 Å². The Morgan fingerprint density at radius 3 is 1.37 bits per heavy atom. The van der Waals surface area contributed by atoms with Gasteiger partial charge in [-0.15, -0.1) is 0 Å². The molecule has 6 nitrogen and oxygen atoms in total. The monoisotopic (exact) mass is 357 g/mol. The van der Waals surface area contributed by atoms with Crippen molar-refractivity contribution in [3.8, 4) is 51.4 Å². The van der Waals surface area contributed by atoms with Gasteiger partial charge in [-0.05, 0) is 0 Å². The highest BCUT2D eigenvalue weighted by Crippen LogP contribution is 2.39. The van der Waals surface area contributed by atoms with Crippen molar-refractivity contribution < 1.29 is 15.3 Å². The van der Waals surface area contributed by atoms with Crippen molar-refractivity contribution in [3.05, 3.63) is 72.8 Å². The minimum atomic E-state index is -0.322. The molecule has 3 N–H and O–H groups in total. The molecular weight excluding hydrogens is 342 g/mol. The van der Waals surface area contributed by atoms with E-state index in [0.29, 0.717) is 11.6 Å². The summed E-state index contributed by atoms with van der Waals surface area (Å²) >= 11 is 0. The van der Waals surface area contributed by atoms with Gasteiger partial charge in [-0.1, -0.05) is 60.7 Å². The predicted octanol–water partition coefficient (Wildman–Crippen LogP) is 3.99. The summed E-state index contributed by atoms with van der Waals surface area (Å²) in [5, 5.41) is 30.0. The molecule has 0 radical (unpaired) electrons. The number of rotatable bonds is 3. The standard InChI is InChI=1S/C21H15N3O3/c25-15-11-16(26)18(17(27)12-15)21-23-19(13-7-3-1-4-8-13)22-20(24-21)14-9-5-2-6-10-14/h1-12,25-27H. The molecule has 4 rings (SSSR count). The first-order valence-electron chi connectivity index (χ1n) is 8.24. The van der Waals surface area contributed by atoms with Gasteiger partial charge in [0, 0.05) is 23.3 Å². The third-order valence-corrected chi connectivity index (χ3v) is 4.00. The molecule has 27 heavy (non-hydrogen) atoms. The molecule has 3 aromatic carbocycles. The van der Waals surface area contributed by atoms with Gasteiger partial charge >= 0.3 is 0 Å². The van der Waals surface area contributed by atoms with Crippen molar-refractivity contribution in [2.75, 3.05) is 0 Å². The zero-order valence-corrected chi connectivity index (χ0v) is 14.1. The maximum Gasteiger partial charge on any atom is 0.171 e. The van der Waals surface area contributed by atoms with Crippen molar-refractivity contribution in [2.45, 2.75) is 0 Å². The molecule has 0 aliphatic heterocycles. The van der Waals surface area contributed by atoms with Crippen LogP contribution in [0.15, 0.2) is 72.8 Å². The molecule has 0 spiro atoms. The van der Waals surface area contributed by atoms with Crippen LogP contribution >= 0.6 is 0 Å². The number of benzene rings is 3. The number of hydrogen-bond donors (Lipinski definition) is 3. The molecule has 4 aromatic rings. The van der Waals surface area contributed by atoms with Crippen molar-refractivity contribution in [1.82, 2.24) is 15.0 Å². The summed E-state index contributed by atoms with van der Waals surface area (Å²) < 4.78 is 0. The summed E-state index contributed by atoms with van der Waals surface area (Å²) in [4.78, 5) is 13.4. The Balaban J connectivity index is 1.97. The molecule has 132 valence electrons. The fourth-order valence-corrected chi connectivity index (χ4v) is 2.75. The van der Waals surface area contributed by atoms with Crippen molar-refractivity contribution in [1.29, 1.82) is 0 Å². The van der Waals surface area contributed by atoms with Crippen molar-refractivity contribution in [2.24, 2.45) is 0 Å². The lowest BCUT2D eigenvalue weighted by atomic mass is 10.1. The van der Waals surface area contributed by atoms with E-state index in [-0.39, 0.29) is 28.6 Å². The summed E-state index contributed by atoms with van der Waals surface area (Å²) in [6, 6.07) is 21.0. The van der Waals surface area contributed by atoms with Gasteiger partial charge in [0.15, 0.2) is 17.5 Å². The van der Waals surface area contributed by atoms with Crippen LogP contribution in [0.4, 0.5) is 0 Å². The minimum Gasteiger partial charge on any atom is -0.508 e. The fraction of sp³-hybridized carbons (Fsp3) is 0. The Kier molecular flexibility index (Phi) is 4.14. The van der Waals surface area contributed by atoms with Gasteiger partial charge in [-0.2, -0.15) is 0 Å². The molecule has 0 bridgehead atoms. The predicted molar refractivity (Wildman–Crippen MR) is 101 cm³/mol. The van der Waals surface area contributed by atoms with E-state index in [1.54, 1.807) is 0 Å². The summed E-state index contributed by atoms with van der Waals surface area (Å²) in [6.45, 7) is 0. The molecule has 0 aliphatic rings. The number of phenolic OH excluding ortho intramolecular Hbond substituents is 3. The van der Waals surface area contributed by atoms with E-state index >= 15 is 0 Å². The van der Waals surface area contributed by atoms with Gasteiger partial charge in [0.1, 0.15) is 22.8 Å². The smallest absolute Gasteiger partial charge is 0.171 e. The molecule has 0 atom stereocenters. The quantitative estimate of drug-likeness (QED) is 0.513. The molecule has 1 aromatic heterocycles. The zero-order valence-electron chi connectivity index (χ0n) is 14.1. The average Bonchev–Trinajstić information content (AvgIpc) is 2.68. The molecule has 0 aliphatic carbocycles. The molecule has 6 heteroatoms. The number of aromatic hydroxyl groups is 3. The number of aromatic nitrogens is 3. The maximum absolute atomic E-state index is 10.2. The Bertz CT molecular complexity index is 1020. The molecule has 0 fully saturated rings. The Morgan fingerprint density at radius 1 is 0.519 bits per heavy atom. The van der Waals surface area contributed by atoms with Crippen LogP contribution in [0.2, 0.25) is 0 Å². The van der Waals surface area contributed by atoms with Gasteiger partial charge < -0.3 is 15.3 Å². The highest BCUT2D eigenvalue weighted by Gasteiger charge is 2.18. The highest BCUT2D eigenvalue weighted by atomic mass is 16.3. The normalized spacial score (nSPS) is 10.7. The van der Waals surface area contributed by atoms with Crippen LogP contribution in [0.25, 0.3) is 34.2 Å². The largest absolute Gasteiger partial charge is 0.508 e. The van der Waals surface area contributed by atoms with E-state index in [1.165, 1.54) is 0 Å². The summed E-state index contributed by atoms with van der Waals surface area (Å²) in [6.07, 6.45) is 0. The molecule has 0 unspecified atom stereocenters. The minimum absolute atomic E-state index is 0.0320. The van der Waals surface area contributed by atoms with E-state index in [4.69, 9.17) is 0 Å². The van der Waals surface area contributed by atoms with Gasteiger partial charge in [0.25, 0.3) is 0 Å². The van der Waals surface area contributed by atoms with Crippen LogP contribution < -0.4 is 0 Å². The van der Waals surface area contributed by atoms with E-state index in [9.17, 15) is 15.3 Å². The van der Waals surface area contributed by atoms with Crippen LogP contribution in [0.3, 0.4) is 0 Å². The van der Waals surface area contributed by atoms with Crippen LogP contribution in [-0.4, -0.2) is 30.3 Å². The second-order valence-electron chi connectivity index (χ2n) is 5.90. The highest BCUT2D eigenvalue weighted by molar-refractivity contribution is 5.75. The zero-order chi connectivity index (χ0) is 18.8. The second-order valence-corrected chi connectivity index (χ2v) is 5.90. The summed E-state index contributed by atoms with van der Waals surface area (Å²) in [7, 11) is 0. The Labute approximate surface area is 155 Å². The van der Waals surface area contributed by atoms with Gasteiger partial charge in [-0.3, -0.25) is 0 Å². The third-order valence-electron chi connectivity index (χ3n) is 4.00. The lowest BCUT2D eigenvalue weighted by Crippen LogP contribution is -2.00. The molecule has 0 amide bonds. The second kappa shape index (κ2) is 6.76.